The van der Waals surface area contributed by atoms with Crippen LogP contribution in [0.5, 0.6) is 0 Å². The minimum atomic E-state index is 0. The Morgan fingerprint density at radius 3 is 2.83 bits per heavy atom. The molecule has 6 nitrogen and oxygen atoms in total. The Labute approximate surface area is 178 Å². The average molecular weight is 412 g/mol. The molecule has 1 N–H and O–H groups in total. The highest BCUT2D eigenvalue weighted by atomic mass is 32.2. The molecule has 0 radical (unpaired) electrons. The first-order chi connectivity index (χ1) is 14.0. The molecule has 0 amide bonds. The number of anilines is 2. The van der Waals surface area contributed by atoms with Gasteiger partial charge in [0.1, 0.15) is 11.8 Å². The van der Waals surface area contributed by atoms with E-state index in [1.54, 1.807) is 31.3 Å². The van der Waals surface area contributed by atoms with Gasteiger partial charge in [0.25, 0.3) is 0 Å². The van der Waals surface area contributed by atoms with Crippen molar-refractivity contribution in [2.24, 2.45) is 0 Å². The van der Waals surface area contributed by atoms with Crippen molar-refractivity contribution < 1.29 is 6.16 Å². The number of benzene rings is 1. The minimum absolute atomic E-state index is 0. The molecule has 2 aromatic rings. The summed E-state index contributed by atoms with van der Waals surface area (Å²) in [5.41, 5.74) is 4.26. The molecule has 29 heavy (non-hydrogen) atoms. The highest BCUT2D eigenvalue weighted by Crippen LogP contribution is 2.46. The van der Waals surface area contributed by atoms with E-state index in [1.165, 1.54) is 5.56 Å². The van der Waals surface area contributed by atoms with Crippen molar-refractivity contribution in [2.45, 2.75) is 23.4 Å². The topological polar surface area (TPSA) is 53.5 Å². The van der Waals surface area contributed by atoms with Gasteiger partial charge in [-0.25, -0.2) is 9.97 Å². The van der Waals surface area contributed by atoms with E-state index in [1.807, 2.05) is 38.1 Å². The lowest BCUT2D eigenvalue weighted by molar-refractivity contribution is 0.204. The fraction of sp³-hybridized carbons (Fsp3) is 0.273. The number of nitrogens with one attached hydrogen (secondary N) is 1. The van der Waals surface area contributed by atoms with E-state index in [-0.39, 0.29) is 1.43 Å². The van der Waals surface area contributed by atoms with E-state index < -0.39 is 0 Å². The standard InChI is InChI=1S/C22H27N5OS.H2/c1-6-18(9-7-16(2)26(3)4)25-14-17-8-10-20-19(13-17)27(15-28-5)21-22(29-20)24-12-11-23-21;/h6-13,25H,2,14-15H2,1,3-5H3;1H/b9-7-,18-6+;. The maximum absolute atomic E-state index is 5.43. The highest BCUT2D eigenvalue weighted by Gasteiger charge is 2.25. The van der Waals surface area contributed by atoms with Crippen LogP contribution in [0.15, 0.2) is 76.7 Å². The lowest BCUT2D eigenvalue weighted by Gasteiger charge is -2.30. The SMILES string of the molecule is C=C(/C=C\C(=C/C)NCc1ccc2c(c1)N(COC)c1nccnc1S2)N(C)C.[HH]. The molecule has 1 aromatic heterocycles. The van der Waals surface area contributed by atoms with Gasteiger partial charge in [0.15, 0.2) is 5.82 Å². The summed E-state index contributed by atoms with van der Waals surface area (Å²) in [7, 11) is 5.65. The predicted octanol–water partition coefficient (Wildman–Crippen LogP) is 4.55. The minimum Gasteiger partial charge on any atom is -0.381 e. The molecule has 7 heteroatoms. The molecule has 2 heterocycles. The highest BCUT2D eigenvalue weighted by molar-refractivity contribution is 7.99. The van der Waals surface area contributed by atoms with E-state index in [0.717, 1.165) is 32.8 Å². The Kier molecular flexibility index (Phi) is 6.95. The average Bonchev–Trinajstić information content (AvgIpc) is 2.73. The van der Waals surface area contributed by atoms with Crippen LogP contribution in [0.3, 0.4) is 0 Å². The van der Waals surface area contributed by atoms with Gasteiger partial charge in [-0.05, 0) is 36.8 Å². The van der Waals surface area contributed by atoms with Crippen LogP contribution in [-0.4, -0.2) is 42.8 Å². The Morgan fingerprint density at radius 2 is 2.10 bits per heavy atom. The van der Waals surface area contributed by atoms with Gasteiger partial charge in [0.2, 0.25) is 0 Å². The summed E-state index contributed by atoms with van der Waals surface area (Å²) in [6, 6.07) is 6.46. The molecule has 0 atom stereocenters. The lowest BCUT2D eigenvalue weighted by Crippen LogP contribution is -2.25. The smallest absolute Gasteiger partial charge is 0.168 e. The van der Waals surface area contributed by atoms with Gasteiger partial charge in [-0.2, -0.15) is 0 Å². The van der Waals surface area contributed by atoms with Crippen LogP contribution in [0.2, 0.25) is 0 Å². The molecule has 0 unspecified atom stereocenters. The van der Waals surface area contributed by atoms with E-state index in [9.17, 15) is 0 Å². The Morgan fingerprint density at radius 1 is 1.31 bits per heavy atom. The first kappa shape index (κ1) is 21.0. The van der Waals surface area contributed by atoms with E-state index >= 15 is 0 Å². The Hall–Kier alpha value is -2.77. The number of nitrogens with zero attached hydrogens (tertiary/aromatic N) is 4. The van der Waals surface area contributed by atoms with Crippen molar-refractivity contribution in [1.29, 1.82) is 0 Å². The van der Waals surface area contributed by atoms with Crippen LogP contribution in [0, 0.1) is 0 Å². The number of hydrogen-bond donors (Lipinski definition) is 1. The quantitative estimate of drug-likeness (QED) is 0.639. The van der Waals surface area contributed by atoms with Crippen molar-refractivity contribution in [2.75, 3.05) is 32.8 Å². The summed E-state index contributed by atoms with van der Waals surface area (Å²) in [6.45, 7) is 7.18. The first-order valence-electron chi connectivity index (χ1n) is 9.36. The van der Waals surface area contributed by atoms with Gasteiger partial charge in [-0.3, -0.25) is 4.90 Å². The number of fused-ring (bicyclic) bond motifs is 2. The van der Waals surface area contributed by atoms with Crippen LogP contribution < -0.4 is 10.2 Å². The third kappa shape index (κ3) is 4.99. The van der Waals surface area contributed by atoms with Crippen LogP contribution >= 0.6 is 11.8 Å². The summed E-state index contributed by atoms with van der Waals surface area (Å²) in [5, 5.41) is 4.38. The number of aromatic nitrogens is 2. The fourth-order valence-electron chi connectivity index (χ4n) is 2.82. The molecular weight excluding hydrogens is 382 g/mol. The zero-order valence-corrected chi connectivity index (χ0v) is 18.2. The molecule has 3 rings (SSSR count). The zero-order valence-electron chi connectivity index (χ0n) is 17.3. The molecule has 1 aliphatic rings. The van der Waals surface area contributed by atoms with Gasteiger partial charge in [-0.1, -0.05) is 30.5 Å². The first-order valence-corrected chi connectivity index (χ1v) is 10.2. The number of likely N-dealkylation sites (N-methyl/N-ethyl adjacent to an activating group) is 1. The molecule has 0 saturated heterocycles. The molecule has 0 saturated carbocycles. The molecule has 1 aromatic carbocycles. The van der Waals surface area contributed by atoms with Gasteiger partial charge in [0.05, 0.1) is 5.69 Å². The van der Waals surface area contributed by atoms with Crippen molar-refractivity contribution in [1.82, 2.24) is 20.2 Å². The molecular formula is C22H29N5OS. The molecule has 0 aliphatic carbocycles. The maximum Gasteiger partial charge on any atom is 0.168 e. The lowest BCUT2D eigenvalue weighted by atomic mass is 10.1. The van der Waals surface area contributed by atoms with E-state index in [4.69, 9.17) is 4.74 Å². The van der Waals surface area contributed by atoms with Gasteiger partial charge in [-0.15, -0.1) is 0 Å². The summed E-state index contributed by atoms with van der Waals surface area (Å²) in [4.78, 5) is 14.2. The number of hydrogen-bond acceptors (Lipinski definition) is 7. The molecule has 0 spiro atoms. The summed E-state index contributed by atoms with van der Waals surface area (Å²) in [5.74, 6) is 0.830. The molecule has 1 aliphatic heterocycles. The monoisotopic (exact) mass is 411 g/mol. The van der Waals surface area contributed by atoms with Crippen molar-refractivity contribution in [3.63, 3.8) is 0 Å². The summed E-state index contributed by atoms with van der Waals surface area (Å²) in [6.07, 6.45) is 9.53. The second kappa shape index (κ2) is 9.62. The Bertz CT molecular complexity index is 945. The molecule has 154 valence electrons. The van der Waals surface area contributed by atoms with Crippen molar-refractivity contribution in [3.05, 3.63) is 72.4 Å². The maximum atomic E-state index is 5.43. The van der Waals surface area contributed by atoms with Crippen molar-refractivity contribution >= 4 is 23.3 Å². The van der Waals surface area contributed by atoms with Crippen molar-refractivity contribution in [3.8, 4) is 0 Å². The van der Waals surface area contributed by atoms with Crippen LogP contribution in [0.1, 0.15) is 13.9 Å². The zero-order chi connectivity index (χ0) is 20.8. The third-order valence-electron chi connectivity index (χ3n) is 4.52. The van der Waals surface area contributed by atoms with E-state index in [0.29, 0.717) is 13.3 Å². The molecule has 0 fully saturated rings. The number of ether oxygens (including phenoxy) is 1. The van der Waals surface area contributed by atoms with Crippen LogP contribution in [0.25, 0.3) is 0 Å². The van der Waals surface area contributed by atoms with E-state index in [2.05, 4.69) is 51.0 Å². The summed E-state index contributed by atoms with van der Waals surface area (Å²) < 4.78 is 5.43. The number of rotatable bonds is 8. The van der Waals surface area contributed by atoms with Gasteiger partial charge < -0.3 is 15.0 Å². The molecule has 0 bridgehead atoms. The number of methoxy groups -OCH3 is 1. The normalized spacial score (nSPS) is 13.2. The largest absolute Gasteiger partial charge is 0.381 e. The summed E-state index contributed by atoms with van der Waals surface area (Å²) >= 11 is 1.64. The van der Waals surface area contributed by atoms with Gasteiger partial charge in [0, 0.05) is 57.9 Å². The second-order valence-corrected chi connectivity index (χ2v) is 7.78. The third-order valence-corrected chi connectivity index (χ3v) is 5.57. The van der Waals surface area contributed by atoms with Gasteiger partial charge >= 0.3 is 0 Å². The predicted molar refractivity (Wildman–Crippen MR) is 121 cm³/mol. The Balaban J connectivity index is 0.00000320. The number of allylic oxidation sites excluding steroid dienone is 3. The van der Waals surface area contributed by atoms with Crippen LogP contribution in [0.4, 0.5) is 11.5 Å². The second-order valence-electron chi connectivity index (χ2n) is 6.75. The van der Waals surface area contributed by atoms with Crippen LogP contribution in [-0.2, 0) is 11.3 Å². The fourth-order valence-corrected chi connectivity index (χ4v) is 3.81.